The molecule has 4 heteroatoms. The summed E-state index contributed by atoms with van der Waals surface area (Å²) in [4.78, 5) is 12.6. The lowest BCUT2D eigenvalue weighted by Gasteiger charge is -2.04. The molecule has 0 unspecified atom stereocenters. The molecule has 0 bridgehead atoms. The molecular formula is C17H13ClFNO. The van der Waals surface area contributed by atoms with Crippen molar-refractivity contribution in [1.29, 1.82) is 0 Å². The van der Waals surface area contributed by atoms with Crippen molar-refractivity contribution in [1.82, 2.24) is 4.57 Å². The van der Waals surface area contributed by atoms with Gasteiger partial charge in [-0.15, -0.1) is 0 Å². The topological polar surface area (TPSA) is 22.0 Å². The zero-order valence-corrected chi connectivity index (χ0v) is 12.4. The second-order valence-electron chi connectivity index (χ2n) is 5.08. The van der Waals surface area contributed by atoms with Crippen molar-refractivity contribution in [3.63, 3.8) is 0 Å². The first-order valence-corrected chi connectivity index (χ1v) is 6.91. The maximum absolute atomic E-state index is 14.2. The number of rotatable bonds is 2. The zero-order valence-electron chi connectivity index (χ0n) is 11.7. The van der Waals surface area contributed by atoms with E-state index in [0.29, 0.717) is 16.1 Å². The van der Waals surface area contributed by atoms with Crippen LogP contribution in [-0.2, 0) is 7.05 Å². The Morgan fingerprint density at radius 1 is 1.19 bits per heavy atom. The van der Waals surface area contributed by atoms with Gasteiger partial charge in [0.05, 0.1) is 5.56 Å². The van der Waals surface area contributed by atoms with Crippen LogP contribution in [0.3, 0.4) is 0 Å². The molecule has 0 aliphatic rings. The van der Waals surface area contributed by atoms with Gasteiger partial charge in [0.15, 0.2) is 5.78 Å². The maximum atomic E-state index is 14.2. The highest BCUT2D eigenvalue weighted by atomic mass is 35.5. The van der Waals surface area contributed by atoms with Gasteiger partial charge >= 0.3 is 0 Å². The van der Waals surface area contributed by atoms with E-state index >= 15 is 0 Å². The molecule has 0 N–H and O–H groups in total. The summed E-state index contributed by atoms with van der Waals surface area (Å²) in [5, 5.41) is 1.37. The molecule has 21 heavy (non-hydrogen) atoms. The number of fused-ring (bicyclic) bond motifs is 1. The van der Waals surface area contributed by atoms with E-state index in [1.165, 1.54) is 6.07 Å². The van der Waals surface area contributed by atoms with E-state index in [-0.39, 0.29) is 11.3 Å². The van der Waals surface area contributed by atoms with E-state index in [9.17, 15) is 9.18 Å². The van der Waals surface area contributed by atoms with Gasteiger partial charge in [-0.2, -0.15) is 0 Å². The largest absolute Gasteiger partial charge is 0.350 e. The Hall–Kier alpha value is -2.13. The number of hydrogen-bond acceptors (Lipinski definition) is 1. The summed E-state index contributed by atoms with van der Waals surface area (Å²) in [6.07, 6.45) is 1.71. The van der Waals surface area contributed by atoms with Crippen LogP contribution in [0.15, 0.2) is 42.6 Å². The predicted molar refractivity (Wildman–Crippen MR) is 82.5 cm³/mol. The van der Waals surface area contributed by atoms with Crippen LogP contribution in [0.25, 0.3) is 10.9 Å². The monoisotopic (exact) mass is 301 g/mol. The lowest BCUT2D eigenvalue weighted by molar-refractivity contribution is 0.103. The van der Waals surface area contributed by atoms with E-state index in [4.69, 9.17) is 11.6 Å². The molecule has 0 spiro atoms. The molecule has 3 rings (SSSR count). The summed E-state index contributed by atoms with van der Waals surface area (Å²) in [6.45, 7) is 1.65. The first kappa shape index (κ1) is 13.8. The van der Waals surface area contributed by atoms with Crippen molar-refractivity contribution in [2.75, 3.05) is 0 Å². The van der Waals surface area contributed by atoms with Gasteiger partial charge in [-0.05, 0) is 30.7 Å². The maximum Gasteiger partial charge on any atom is 0.198 e. The standard InChI is InChI=1S/C17H13ClFNO/c1-10-4-3-5-13(16(10)19)17(21)14-9-20(2)15-8-11(18)6-7-12(14)15/h3-9H,1-2H3. The fourth-order valence-corrected chi connectivity index (χ4v) is 2.67. The van der Waals surface area contributed by atoms with Crippen molar-refractivity contribution in [3.05, 3.63) is 70.1 Å². The highest BCUT2D eigenvalue weighted by molar-refractivity contribution is 6.31. The quantitative estimate of drug-likeness (QED) is 0.638. The third-order valence-electron chi connectivity index (χ3n) is 3.63. The molecule has 1 heterocycles. The molecule has 0 amide bonds. The first-order valence-electron chi connectivity index (χ1n) is 6.53. The molecular weight excluding hydrogens is 289 g/mol. The highest BCUT2D eigenvalue weighted by Crippen LogP contribution is 2.27. The fraction of sp³-hybridized carbons (Fsp3) is 0.118. The lowest BCUT2D eigenvalue weighted by atomic mass is 10.0. The number of aryl methyl sites for hydroxylation is 2. The number of carbonyl (C=O) groups is 1. The van der Waals surface area contributed by atoms with E-state index < -0.39 is 5.82 Å². The number of carbonyl (C=O) groups excluding carboxylic acids is 1. The van der Waals surface area contributed by atoms with Crippen LogP contribution in [0.5, 0.6) is 0 Å². The van der Waals surface area contributed by atoms with Crippen molar-refractivity contribution in [3.8, 4) is 0 Å². The molecule has 0 saturated carbocycles. The number of ketones is 1. The molecule has 0 aliphatic heterocycles. The normalized spacial score (nSPS) is 11.0. The van der Waals surface area contributed by atoms with Crippen molar-refractivity contribution in [2.24, 2.45) is 7.05 Å². The predicted octanol–water partition coefficient (Wildman–Crippen LogP) is 4.51. The van der Waals surface area contributed by atoms with Gasteiger partial charge in [0.1, 0.15) is 5.82 Å². The van der Waals surface area contributed by atoms with Gasteiger partial charge in [-0.25, -0.2) is 4.39 Å². The molecule has 2 nitrogen and oxygen atoms in total. The summed E-state index contributed by atoms with van der Waals surface area (Å²) in [6, 6.07) is 10.2. The van der Waals surface area contributed by atoms with Crippen molar-refractivity contribution in [2.45, 2.75) is 6.92 Å². The van der Waals surface area contributed by atoms with Crippen LogP contribution in [0, 0.1) is 12.7 Å². The molecule has 106 valence electrons. The smallest absolute Gasteiger partial charge is 0.198 e. The molecule has 0 radical (unpaired) electrons. The van der Waals surface area contributed by atoms with E-state index in [1.54, 1.807) is 43.5 Å². The molecule has 1 aromatic heterocycles. The Kier molecular flexibility index (Phi) is 3.30. The Balaban J connectivity index is 2.21. The number of nitrogens with zero attached hydrogens (tertiary/aromatic N) is 1. The van der Waals surface area contributed by atoms with Crippen LogP contribution in [0.1, 0.15) is 21.5 Å². The summed E-state index contributed by atoms with van der Waals surface area (Å²) in [5.74, 6) is -0.780. The minimum absolute atomic E-state index is 0.0949. The Labute approximate surface area is 126 Å². The molecule has 0 fully saturated rings. The van der Waals surface area contributed by atoms with Crippen molar-refractivity contribution >= 4 is 28.3 Å². The lowest BCUT2D eigenvalue weighted by Crippen LogP contribution is -2.05. The van der Waals surface area contributed by atoms with Gasteiger partial charge in [0, 0.05) is 34.7 Å². The summed E-state index contributed by atoms with van der Waals surface area (Å²) in [5.41, 5.74) is 1.88. The number of halogens is 2. The van der Waals surface area contributed by atoms with Gasteiger partial charge in [0.2, 0.25) is 0 Å². The van der Waals surface area contributed by atoms with Crippen LogP contribution in [0.4, 0.5) is 4.39 Å². The average molecular weight is 302 g/mol. The molecule has 0 atom stereocenters. The number of benzene rings is 2. The average Bonchev–Trinajstić information content (AvgIpc) is 2.78. The van der Waals surface area contributed by atoms with E-state index in [0.717, 1.165) is 10.9 Å². The summed E-state index contributed by atoms with van der Waals surface area (Å²) >= 11 is 5.98. The zero-order chi connectivity index (χ0) is 15.1. The molecule has 0 aliphatic carbocycles. The Morgan fingerprint density at radius 2 is 1.95 bits per heavy atom. The van der Waals surface area contributed by atoms with Crippen LogP contribution >= 0.6 is 11.6 Å². The van der Waals surface area contributed by atoms with Gasteiger partial charge < -0.3 is 4.57 Å². The molecule has 3 aromatic rings. The van der Waals surface area contributed by atoms with Crippen molar-refractivity contribution < 1.29 is 9.18 Å². The summed E-state index contributed by atoms with van der Waals surface area (Å²) in [7, 11) is 1.84. The third kappa shape index (κ3) is 2.24. The van der Waals surface area contributed by atoms with E-state index in [1.807, 2.05) is 11.6 Å². The molecule has 2 aromatic carbocycles. The highest BCUT2D eigenvalue weighted by Gasteiger charge is 2.19. The minimum Gasteiger partial charge on any atom is -0.350 e. The number of aromatic nitrogens is 1. The van der Waals surface area contributed by atoms with Crippen LogP contribution < -0.4 is 0 Å². The van der Waals surface area contributed by atoms with Crippen LogP contribution in [0.2, 0.25) is 5.02 Å². The Bertz CT molecular complexity index is 867. The van der Waals surface area contributed by atoms with E-state index in [2.05, 4.69) is 0 Å². The van der Waals surface area contributed by atoms with Crippen LogP contribution in [-0.4, -0.2) is 10.4 Å². The Morgan fingerprint density at radius 3 is 2.71 bits per heavy atom. The molecule has 0 saturated heterocycles. The van der Waals surface area contributed by atoms with Gasteiger partial charge in [-0.3, -0.25) is 4.79 Å². The SMILES string of the molecule is Cc1cccc(C(=O)c2cn(C)c3cc(Cl)ccc23)c1F. The third-order valence-corrected chi connectivity index (χ3v) is 3.87. The number of hydrogen-bond donors (Lipinski definition) is 0. The van der Waals surface area contributed by atoms with Gasteiger partial charge in [0.25, 0.3) is 0 Å². The minimum atomic E-state index is -0.464. The summed E-state index contributed by atoms with van der Waals surface area (Å²) < 4.78 is 16.0. The second kappa shape index (κ2) is 5.01. The van der Waals surface area contributed by atoms with Gasteiger partial charge in [-0.1, -0.05) is 29.8 Å². The first-order chi connectivity index (χ1) is 9.99. The fourth-order valence-electron chi connectivity index (χ4n) is 2.51. The second-order valence-corrected chi connectivity index (χ2v) is 5.52.